The van der Waals surface area contributed by atoms with Crippen LogP contribution in [-0.4, -0.2) is 25.0 Å². The third-order valence-electron chi connectivity index (χ3n) is 3.59. The molecule has 0 aromatic heterocycles. The van der Waals surface area contributed by atoms with E-state index in [0.29, 0.717) is 23.6 Å². The lowest BCUT2D eigenvalue weighted by atomic mass is 9.95. The molecule has 2 amide bonds. The van der Waals surface area contributed by atoms with E-state index >= 15 is 0 Å². The highest BCUT2D eigenvalue weighted by Crippen LogP contribution is 2.21. The van der Waals surface area contributed by atoms with Crippen LogP contribution >= 0.6 is 0 Å². The van der Waals surface area contributed by atoms with Crippen LogP contribution in [0.4, 0.5) is 5.69 Å². The van der Waals surface area contributed by atoms with E-state index in [4.69, 9.17) is 10.5 Å². The molecule has 0 unspecified atom stereocenters. The molecule has 0 bridgehead atoms. The normalized spacial score (nSPS) is 15.8. The Bertz CT molecular complexity index is 482. The van der Waals surface area contributed by atoms with Gasteiger partial charge in [0.05, 0.1) is 11.3 Å². The van der Waals surface area contributed by atoms with Crippen LogP contribution in [0.2, 0.25) is 0 Å². The summed E-state index contributed by atoms with van der Waals surface area (Å²) in [7, 11) is 0. The van der Waals surface area contributed by atoms with Crippen molar-refractivity contribution in [3.05, 3.63) is 29.8 Å². The Morgan fingerprint density at radius 3 is 2.65 bits per heavy atom. The molecule has 1 heterocycles. The van der Waals surface area contributed by atoms with E-state index in [9.17, 15) is 9.59 Å². The summed E-state index contributed by atoms with van der Waals surface area (Å²) >= 11 is 0. The van der Waals surface area contributed by atoms with Crippen molar-refractivity contribution in [1.29, 1.82) is 0 Å². The second-order valence-corrected chi connectivity index (χ2v) is 5.05. The molecule has 0 atom stereocenters. The molecule has 1 aromatic carbocycles. The van der Waals surface area contributed by atoms with Crippen molar-refractivity contribution in [2.24, 2.45) is 11.7 Å². The molecule has 5 nitrogen and oxygen atoms in total. The third kappa shape index (κ3) is 4.06. The molecule has 0 aliphatic carbocycles. The number of ether oxygens (including phenoxy) is 1. The Kier molecular flexibility index (Phi) is 5.12. The second kappa shape index (κ2) is 7.05. The monoisotopic (exact) mass is 276 g/mol. The minimum absolute atomic E-state index is 0.0785. The fraction of sp³-hybridized carbons (Fsp3) is 0.467. The van der Waals surface area contributed by atoms with E-state index < -0.39 is 5.91 Å². The van der Waals surface area contributed by atoms with Crippen molar-refractivity contribution in [1.82, 2.24) is 0 Å². The molecule has 20 heavy (non-hydrogen) atoms. The largest absolute Gasteiger partial charge is 0.381 e. The van der Waals surface area contributed by atoms with Crippen molar-refractivity contribution in [3.63, 3.8) is 0 Å². The highest BCUT2D eigenvalue weighted by Gasteiger charge is 2.16. The smallest absolute Gasteiger partial charge is 0.250 e. The molecular weight excluding hydrogens is 256 g/mol. The number of hydrogen-bond acceptors (Lipinski definition) is 3. The SMILES string of the molecule is NC(=O)c1ccccc1NC(=O)CCC1CCOCC1. The van der Waals surface area contributed by atoms with Gasteiger partial charge in [0, 0.05) is 19.6 Å². The molecule has 2 rings (SSSR count). The number of carbonyl (C=O) groups excluding carboxylic acids is 2. The van der Waals surface area contributed by atoms with Gasteiger partial charge in [0.15, 0.2) is 0 Å². The van der Waals surface area contributed by atoms with Crippen LogP contribution in [0.15, 0.2) is 24.3 Å². The number of amides is 2. The van der Waals surface area contributed by atoms with Crippen molar-refractivity contribution in [3.8, 4) is 0 Å². The van der Waals surface area contributed by atoms with E-state index in [0.717, 1.165) is 32.5 Å². The summed E-state index contributed by atoms with van der Waals surface area (Å²) in [6.07, 6.45) is 3.35. The number of primary amides is 1. The number of nitrogens with two attached hydrogens (primary N) is 1. The molecule has 0 radical (unpaired) electrons. The quantitative estimate of drug-likeness (QED) is 0.862. The summed E-state index contributed by atoms with van der Waals surface area (Å²) in [6, 6.07) is 6.78. The number of benzene rings is 1. The van der Waals surface area contributed by atoms with E-state index in [-0.39, 0.29) is 5.91 Å². The lowest BCUT2D eigenvalue weighted by Crippen LogP contribution is -2.20. The summed E-state index contributed by atoms with van der Waals surface area (Å²) in [6.45, 7) is 1.58. The summed E-state index contributed by atoms with van der Waals surface area (Å²) in [5.74, 6) is -0.0589. The van der Waals surface area contributed by atoms with Crippen LogP contribution in [0.25, 0.3) is 0 Å². The van der Waals surface area contributed by atoms with E-state index in [1.54, 1.807) is 24.3 Å². The van der Waals surface area contributed by atoms with E-state index in [2.05, 4.69) is 5.32 Å². The molecule has 108 valence electrons. The Hall–Kier alpha value is -1.88. The summed E-state index contributed by atoms with van der Waals surface area (Å²) in [5, 5.41) is 2.76. The van der Waals surface area contributed by atoms with Gasteiger partial charge in [-0.25, -0.2) is 0 Å². The van der Waals surface area contributed by atoms with Crippen molar-refractivity contribution >= 4 is 17.5 Å². The molecule has 3 N–H and O–H groups in total. The maximum atomic E-state index is 11.9. The van der Waals surface area contributed by atoms with Gasteiger partial charge in [-0.15, -0.1) is 0 Å². The maximum Gasteiger partial charge on any atom is 0.250 e. The standard InChI is InChI=1S/C15H20N2O3/c16-15(19)12-3-1-2-4-13(12)17-14(18)6-5-11-7-9-20-10-8-11/h1-4,11H,5-10H2,(H2,16,19)(H,17,18). The van der Waals surface area contributed by atoms with Gasteiger partial charge in [-0.1, -0.05) is 12.1 Å². The lowest BCUT2D eigenvalue weighted by Gasteiger charge is -2.21. The first kappa shape index (κ1) is 14.5. The highest BCUT2D eigenvalue weighted by atomic mass is 16.5. The third-order valence-corrected chi connectivity index (χ3v) is 3.59. The van der Waals surface area contributed by atoms with Crippen molar-refractivity contribution in [2.75, 3.05) is 18.5 Å². The zero-order valence-electron chi connectivity index (χ0n) is 11.4. The zero-order valence-corrected chi connectivity index (χ0v) is 11.4. The first-order valence-electron chi connectivity index (χ1n) is 6.93. The number of para-hydroxylation sites is 1. The maximum absolute atomic E-state index is 11.9. The summed E-state index contributed by atoms with van der Waals surface area (Å²) < 4.78 is 5.29. The number of hydrogen-bond donors (Lipinski definition) is 2. The molecule has 0 spiro atoms. The predicted octanol–water partition coefficient (Wildman–Crippen LogP) is 1.93. The first-order chi connectivity index (χ1) is 9.66. The molecule has 0 saturated carbocycles. The van der Waals surface area contributed by atoms with Gasteiger partial charge in [-0.05, 0) is 37.3 Å². The Morgan fingerprint density at radius 1 is 1.25 bits per heavy atom. The van der Waals surface area contributed by atoms with Crippen LogP contribution in [0, 0.1) is 5.92 Å². The Morgan fingerprint density at radius 2 is 1.95 bits per heavy atom. The summed E-state index contributed by atoms with van der Waals surface area (Å²) in [4.78, 5) is 23.2. The van der Waals surface area contributed by atoms with E-state index in [1.807, 2.05) is 0 Å². The number of carbonyl (C=O) groups is 2. The Labute approximate surface area is 118 Å². The van der Waals surface area contributed by atoms with Gasteiger partial charge in [0.1, 0.15) is 0 Å². The first-order valence-corrected chi connectivity index (χ1v) is 6.93. The molecule has 1 aliphatic rings. The van der Waals surface area contributed by atoms with Crippen LogP contribution in [0.1, 0.15) is 36.0 Å². The van der Waals surface area contributed by atoms with E-state index in [1.165, 1.54) is 0 Å². The van der Waals surface area contributed by atoms with Crippen molar-refractivity contribution in [2.45, 2.75) is 25.7 Å². The van der Waals surface area contributed by atoms with Gasteiger partial charge >= 0.3 is 0 Å². The number of rotatable bonds is 5. The second-order valence-electron chi connectivity index (χ2n) is 5.05. The fourth-order valence-corrected chi connectivity index (χ4v) is 2.39. The average molecular weight is 276 g/mol. The zero-order chi connectivity index (χ0) is 14.4. The fourth-order valence-electron chi connectivity index (χ4n) is 2.39. The number of anilines is 1. The van der Waals surface area contributed by atoms with Gasteiger partial charge in [0.25, 0.3) is 5.91 Å². The number of nitrogens with one attached hydrogen (secondary N) is 1. The van der Waals surface area contributed by atoms with Crippen molar-refractivity contribution < 1.29 is 14.3 Å². The van der Waals surface area contributed by atoms with Gasteiger partial charge in [-0.2, -0.15) is 0 Å². The molecule has 1 saturated heterocycles. The van der Waals surface area contributed by atoms with Crippen LogP contribution in [0.3, 0.4) is 0 Å². The van der Waals surface area contributed by atoms with Gasteiger partial charge < -0.3 is 15.8 Å². The lowest BCUT2D eigenvalue weighted by molar-refractivity contribution is -0.116. The molecule has 1 aliphatic heterocycles. The van der Waals surface area contributed by atoms with Gasteiger partial charge in [0.2, 0.25) is 5.91 Å². The summed E-state index contributed by atoms with van der Waals surface area (Å²) in [5.41, 5.74) is 6.10. The minimum Gasteiger partial charge on any atom is -0.381 e. The molecular formula is C15H20N2O3. The molecule has 1 aromatic rings. The average Bonchev–Trinajstić information content (AvgIpc) is 2.46. The van der Waals surface area contributed by atoms with Gasteiger partial charge in [-0.3, -0.25) is 9.59 Å². The predicted molar refractivity (Wildman–Crippen MR) is 76.4 cm³/mol. The Balaban J connectivity index is 1.86. The molecule has 1 fully saturated rings. The molecule has 5 heteroatoms. The van der Waals surface area contributed by atoms with Crippen LogP contribution in [-0.2, 0) is 9.53 Å². The minimum atomic E-state index is -0.537. The topological polar surface area (TPSA) is 81.4 Å². The van der Waals surface area contributed by atoms with Crippen LogP contribution in [0.5, 0.6) is 0 Å². The van der Waals surface area contributed by atoms with Crippen LogP contribution < -0.4 is 11.1 Å². The highest BCUT2D eigenvalue weighted by molar-refractivity contribution is 6.02.